The van der Waals surface area contributed by atoms with Crippen molar-refractivity contribution in [1.29, 1.82) is 0 Å². The minimum atomic E-state index is -1.64. The molecule has 1 atom stereocenters. The van der Waals surface area contributed by atoms with Crippen LogP contribution in [0.5, 0.6) is 0 Å². The Bertz CT molecular complexity index is 1690. The number of hydrogen-bond acceptors (Lipinski definition) is 13. The van der Waals surface area contributed by atoms with Crippen LogP contribution in [-0.2, 0) is 44.8 Å². The summed E-state index contributed by atoms with van der Waals surface area (Å²) in [5.74, 6) is -2.99. The van der Waals surface area contributed by atoms with E-state index in [-0.39, 0.29) is 29.7 Å². The Balaban J connectivity index is 1.89. The maximum Gasteiger partial charge on any atom is 0.413 e. The van der Waals surface area contributed by atoms with Crippen LogP contribution in [0.25, 0.3) is 6.08 Å². The average molecular weight is 730 g/mol. The number of oxime groups is 1. The first-order valence-electron chi connectivity index (χ1n) is 16.1. The Morgan fingerprint density at radius 2 is 1.53 bits per heavy atom. The molecule has 1 aromatic heterocycles. The van der Waals surface area contributed by atoms with Crippen LogP contribution >= 0.6 is 11.3 Å². The summed E-state index contributed by atoms with van der Waals surface area (Å²) in [5, 5.41) is 19.9. The molecular weight excluding hydrogens is 682 g/mol. The molecule has 0 bridgehead atoms. The second-order valence-electron chi connectivity index (χ2n) is 15.1. The molecule has 15 nitrogen and oxygen atoms in total. The van der Waals surface area contributed by atoms with Crippen LogP contribution in [0.15, 0.2) is 40.5 Å². The fourth-order valence-corrected chi connectivity index (χ4v) is 4.75. The van der Waals surface area contributed by atoms with E-state index in [9.17, 15) is 29.1 Å². The third kappa shape index (κ3) is 12.2. The van der Waals surface area contributed by atoms with E-state index in [4.69, 9.17) is 19.0 Å². The number of carbonyl (C=O) groups excluding carboxylic acids is 5. The average Bonchev–Trinajstić information content (AvgIpc) is 3.43. The van der Waals surface area contributed by atoms with E-state index in [2.05, 4.69) is 20.8 Å². The van der Waals surface area contributed by atoms with Gasteiger partial charge in [0, 0.05) is 5.38 Å². The number of aliphatic hydroxyl groups is 1. The first kappa shape index (κ1) is 40.6. The number of ether oxygens (including phenoxy) is 3. The quantitative estimate of drug-likeness (QED) is 0.0734. The zero-order valence-corrected chi connectivity index (χ0v) is 31.6. The van der Waals surface area contributed by atoms with Crippen LogP contribution in [0.3, 0.4) is 0 Å². The molecule has 1 saturated heterocycles. The van der Waals surface area contributed by atoms with Gasteiger partial charge in [-0.25, -0.2) is 19.4 Å². The number of nitrogens with zero attached hydrogens (tertiary/aromatic N) is 3. The molecule has 0 radical (unpaired) electrons. The van der Waals surface area contributed by atoms with Gasteiger partial charge in [0.05, 0.1) is 13.2 Å². The standard InChI is InChI=1S/C35H47N5O10S/c1-32(2,3)47-28(44)24(16-20-12-14-21(18-41)15-13-20)40-17-22(27(40)43)36-26(42)25(39-50-35(10,11)29(45)48-33(4,5)6)23-19-51-30(37-23)38-31(46)49-34(7,8)9/h12-16,19,22,41H,17-18H2,1-11H3,(H,36,42)(H,37,38,46)/b24-16-,39-25-/t22-/m0/s1. The van der Waals surface area contributed by atoms with Crippen molar-refractivity contribution in [2.24, 2.45) is 5.16 Å². The Kier molecular flexibility index (Phi) is 12.4. The van der Waals surface area contributed by atoms with Crippen LogP contribution in [0.1, 0.15) is 93.0 Å². The second-order valence-corrected chi connectivity index (χ2v) is 16.0. The molecule has 0 unspecified atom stereocenters. The lowest BCUT2D eigenvalue weighted by Crippen LogP contribution is -2.64. The van der Waals surface area contributed by atoms with Gasteiger partial charge in [-0.2, -0.15) is 0 Å². The van der Waals surface area contributed by atoms with Gasteiger partial charge in [0.25, 0.3) is 11.8 Å². The topological polar surface area (TPSA) is 195 Å². The predicted molar refractivity (Wildman–Crippen MR) is 189 cm³/mol. The molecule has 2 aromatic rings. The third-order valence-electron chi connectivity index (χ3n) is 6.42. The van der Waals surface area contributed by atoms with Gasteiger partial charge in [0.2, 0.25) is 5.60 Å². The van der Waals surface area contributed by atoms with E-state index in [1.807, 2.05) is 0 Å². The summed E-state index contributed by atoms with van der Waals surface area (Å²) in [6.45, 7) is 17.8. The molecule has 278 valence electrons. The number of carbonyl (C=O) groups is 5. The zero-order valence-electron chi connectivity index (χ0n) is 30.8. The fourth-order valence-electron chi connectivity index (χ4n) is 4.07. The van der Waals surface area contributed by atoms with E-state index in [0.717, 1.165) is 11.3 Å². The van der Waals surface area contributed by atoms with E-state index < -0.39 is 64.0 Å². The largest absolute Gasteiger partial charge is 0.457 e. The van der Waals surface area contributed by atoms with Crippen molar-refractivity contribution in [2.75, 3.05) is 11.9 Å². The summed E-state index contributed by atoms with van der Waals surface area (Å²) in [4.78, 5) is 76.5. The summed E-state index contributed by atoms with van der Waals surface area (Å²) in [6.07, 6.45) is 0.714. The van der Waals surface area contributed by atoms with Crippen LogP contribution < -0.4 is 10.6 Å². The zero-order chi connectivity index (χ0) is 38.5. The number of rotatable bonds is 11. The number of aromatic nitrogens is 1. The monoisotopic (exact) mass is 729 g/mol. The normalized spacial score (nSPS) is 15.8. The Hall–Kier alpha value is -4.83. The van der Waals surface area contributed by atoms with Crippen LogP contribution in [-0.4, -0.2) is 85.5 Å². The van der Waals surface area contributed by atoms with Crippen molar-refractivity contribution < 1.29 is 48.1 Å². The number of β-lactam (4-membered cyclic amide) rings is 1. The summed E-state index contributed by atoms with van der Waals surface area (Å²) in [7, 11) is 0. The Morgan fingerprint density at radius 1 is 0.941 bits per heavy atom. The van der Waals surface area contributed by atoms with Gasteiger partial charge in [0.15, 0.2) is 10.8 Å². The van der Waals surface area contributed by atoms with Gasteiger partial charge in [0.1, 0.15) is 34.2 Å². The number of nitrogens with one attached hydrogen (secondary N) is 2. The second kappa shape index (κ2) is 15.6. The predicted octanol–water partition coefficient (Wildman–Crippen LogP) is 4.53. The van der Waals surface area contributed by atoms with Crippen LogP contribution in [0.2, 0.25) is 0 Å². The van der Waals surface area contributed by atoms with E-state index in [1.165, 1.54) is 30.2 Å². The highest BCUT2D eigenvalue weighted by atomic mass is 32.1. The third-order valence-corrected chi connectivity index (χ3v) is 7.18. The number of benzene rings is 1. The number of aliphatic hydroxyl groups excluding tert-OH is 1. The summed E-state index contributed by atoms with van der Waals surface area (Å²) in [5.41, 5.74) is -3.35. The molecule has 3 rings (SSSR count). The molecule has 0 aliphatic carbocycles. The number of anilines is 1. The molecule has 0 saturated carbocycles. The number of thiazole rings is 1. The molecule has 3 amide bonds. The van der Waals surface area contributed by atoms with E-state index in [0.29, 0.717) is 11.1 Å². The van der Waals surface area contributed by atoms with Gasteiger partial charge in [-0.05, 0) is 93.4 Å². The molecule has 0 spiro atoms. The van der Waals surface area contributed by atoms with Crippen molar-refractivity contribution in [1.82, 2.24) is 15.2 Å². The summed E-state index contributed by atoms with van der Waals surface area (Å²) in [6, 6.07) is 5.64. The maximum absolute atomic E-state index is 13.7. The number of likely N-dealkylation sites (tertiary alicyclic amines) is 1. The van der Waals surface area contributed by atoms with Crippen LogP contribution in [0.4, 0.5) is 9.93 Å². The summed E-state index contributed by atoms with van der Waals surface area (Å²) >= 11 is 0.972. The van der Waals surface area contributed by atoms with E-state index in [1.54, 1.807) is 86.6 Å². The molecule has 16 heteroatoms. The van der Waals surface area contributed by atoms with Crippen molar-refractivity contribution in [3.63, 3.8) is 0 Å². The highest BCUT2D eigenvalue weighted by Gasteiger charge is 2.44. The molecule has 1 aliphatic heterocycles. The molecule has 3 N–H and O–H groups in total. The van der Waals surface area contributed by atoms with Crippen molar-refractivity contribution in [3.8, 4) is 0 Å². The molecule has 1 aliphatic rings. The Labute approximate surface area is 301 Å². The van der Waals surface area contributed by atoms with Crippen molar-refractivity contribution in [2.45, 2.75) is 111 Å². The van der Waals surface area contributed by atoms with Gasteiger partial charge >= 0.3 is 18.0 Å². The minimum absolute atomic E-state index is 0.0344. The lowest BCUT2D eigenvalue weighted by atomic mass is 10.0. The van der Waals surface area contributed by atoms with Crippen molar-refractivity contribution >= 4 is 58.1 Å². The van der Waals surface area contributed by atoms with Crippen molar-refractivity contribution in [3.05, 3.63) is 52.2 Å². The minimum Gasteiger partial charge on any atom is -0.457 e. The number of amides is 3. The van der Waals surface area contributed by atoms with Gasteiger partial charge < -0.3 is 34.4 Å². The number of hydrogen-bond donors (Lipinski definition) is 3. The first-order chi connectivity index (χ1) is 23.4. The molecule has 1 fully saturated rings. The lowest BCUT2D eigenvalue weighted by Gasteiger charge is -2.39. The highest BCUT2D eigenvalue weighted by Crippen LogP contribution is 2.25. The van der Waals surface area contributed by atoms with E-state index >= 15 is 0 Å². The fraction of sp³-hybridized carbons (Fsp3) is 0.514. The Morgan fingerprint density at radius 3 is 2.06 bits per heavy atom. The first-order valence-corrected chi connectivity index (χ1v) is 17.0. The molecular formula is C35H47N5O10S. The molecule has 51 heavy (non-hydrogen) atoms. The smallest absolute Gasteiger partial charge is 0.413 e. The van der Waals surface area contributed by atoms with Gasteiger partial charge in [-0.15, -0.1) is 11.3 Å². The number of esters is 2. The SMILES string of the molecule is CC(C)(C)OC(=O)Nc1nc(/C(=N/OC(C)(C)C(=O)OC(C)(C)C)C(=O)N[C@H]2CN(/C(=C\c3ccc(CO)cc3)C(=O)OC(C)(C)C)C2=O)cs1. The maximum atomic E-state index is 13.7. The molecule has 1 aromatic carbocycles. The van der Waals surface area contributed by atoms with Gasteiger partial charge in [-0.3, -0.25) is 14.9 Å². The highest BCUT2D eigenvalue weighted by molar-refractivity contribution is 7.14. The lowest BCUT2D eigenvalue weighted by molar-refractivity contribution is -0.179. The van der Waals surface area contributed by atoms with Crippen LogP contribution in [0, 0.1) is 0 Å². The van der Waals surface area contributed by atoms with Gasteiger partial charge in [-0.1, -0.05) is 29.4 Å². The summed E-state index contributed by atoms with van der Waals surface area (Å²) < 4.78 is 16.2. The molecule has 2 heterocycles.